The van der Waals surface area contributed by atoms with Crippen LogP contribution in [0.5, 0.6) is 0 Å². The summed E-state index contributed by atoms with van der Waals surface area (Å²) in [5.74, 6) is -0.928. The Morgan fingerprint density at radius 3 is 2.56 bits per heavy atom. The molecule has 0 aliphatic carbocycles. The van der Waals surface area contributed by atoms with Gasteiger partial charge in [-0.1, -0.05) is 12.1 Å². The van der Waals surface area contributed by atoms with Crippen LogP contribution in [0.1, 0.15) is 29.3 Å². The number of sulfonamides is 1. The maximum absolute atomic E-state index is 13.6. The van der Waals surface area contributed by atoms with Crippen molar-refractivity contribution in [1.29, 1.82) is 0 Å². The van der Waals surface area contributed by atoms with Gasteiger partial charge in [-0.3, -0.25) is 9.52 Å². The van der Waals surface area contributed by atoms with Gasteiger partial charge in [0.15, 0.2) is 0 Å². The molecule has 0 spiro atoms. The first kappa shape index (κ1) is 22.9. The zero-order chi connectivity index (χ0) is 19.3. The molecule has 1 unspecified atom stereocenters. The Balaban J connectivity index is 0.00000364. The topological polar surface area (TPSA) is 101 Å². The van der Waals surface area contributed by atoms with Crippen molar-refractivity contribution < 1.29 is 17.6 Å². The highest BCUT2D eigenvalue weighted by molar-refractivity contribution is 7.92. The Morgan fingerprint density at radius 1 is 1.22 bits per heavy atom. The number of amides is 1. The predicted molar refractivity (Wildman–Crippen MR) is 106 cm³/mol. The summed E-state index contributed by atoms with van der Waals surface area (Å²) in [5.41, 5.74) is 6.51. The van der Waals surface area contributed by atoms with Gasteiger partial charge in [0.05, 0.1) is 4.90 Å². The predicted octanol–water partition coefficient (Wildman–Crippen LogP) is 2.82. The lowest BCUT2D eigenvalue weighted by molar-refractivity contribution is 0.0953. The number of hydrogen-bond acceptors (Lipinski definition) is 4. The van der Waals surface area contributed by atoms with Crippen LogP contribution in [-0.4, -0.2) is 26.9 Å². The fraction of sp³-hybridized carbons (Fsp3) is 0.278. The summed E-state index contributed by atoms with van der Waals surface area (Å²) in [4.78, 5) is 11.9. The summed E-state index contributed by atoms with van der Waals surface area (Å²) in [6.07, 6.45) is 0.636. The van der Waals surface area contributed by atoms with Crippen molar-refractivity contribution in [3.05, 3.63) is 59.4 Å². The molecule has 9 heteroatoms. The average Bonchev–Trinajstić information content (AvgIpc) is 2.56. The maximum atomic E-state index is 13.6. The van der Waals surface area contributed by atoms with Gasteiger partial charge in [-0.15, -0.1) is 12.4 Å². The lowest BCUT2D eigenvalue weighted by Gasteiger charge is -2.11. The van der Waals surface area contributed by atoms with Crippen LogP contribution < -0.4 is 15.8 Å². The zero-order valence-electron chi connectivity index (χ0n) is 15.0. The number of hydrogen-bond donors (Lipinski definition) is 3. The number of carbonyl (C=O) groups is 1. The number of halogens is 2. The minimum Gasteiger partial charge on any atom is -0.352 e. The van der Waals surface area contributed by atoms with Crippen LogP contribution in [-0.2, 0) is 10.0 Å². The summed E-state index contributed by atoms with van der Waals surface area (Å²) in [6.45, 7) is 3.82. The molecule has 0 heterocycles. The summed E-state index contributed by atoms with van der Waals surface area (Å²) in [5, 5.41) is 2.72. The molecule has 0 aliphatic rings. The molecule has 0 saturated heterocycles. The molecule has 6 nitrogen and oxygen atoms in total. The summed E-state index contributed by atoms with van der Waals surface area (Å²) < 4.78 is 40.8. The molecule has 2 rings (SSSR count). The molecule has 4 N–H and O–H groups in total. The van der Waals surface area contributed by atoms with Crippen LogP contribution in [0.15, 0.2) is 47.4 Å². The second kappa shape index (κ2) is 9.68. The van der Waals surface area contributed by atoms with E-state index in [-0.39, 0.29) is 34.9 Å². The number of rotatable bonds is 7. The van der Waals surface area contributed by atoms with E-state index >= 15 is 0 Å². The molecule has 0 fully saturated rings. The van der Waals surface area contributed by atoms with E-state index in [1.165, 1.54) is 24.3 Å². The van der Waals surface area contributed by atoms with Crippen LogP contribution in [0.25, 0.3) is 0 Å². The highest BCUT2D eigenvalue weighted by Crippen LogP contribution is 2.19. The Labute approximate surface area is 164 Å². The van der Waals surface area contributed by atoms with E-state index < -0.39 is 15.8 Å². The minimum atomic E-state index is -3.96. The lowest BCUT2D eigenvalue weighted by Crippen LogP contribution is -2.29. The van der Waals surface area contributed by atoms with Crippen molar-refractivity contribution in [3.63, 3.8) is 0 Å². The largest absolute Gasteiger partial charge is 0.352 e. The van der Waals surface area contributed by atoms with E-state index in [0.29, 0.717) is 24.1 Å². The number of nitrogens with one attached hydrogen (secondary N) is 2. The van der Waals surface area contributed by atoms with E-state index in [0.717, 1.165) is 6.07 Å². The van der Waals surface area contributed by atoms with E-state index in [4.69, 9.17) is 5.73 Å². The van der Waals surface area contributed by atoms with Crippen molar-refractivity contribution in [2.45, 2.75) is 31.2 Å². The SMILES string of the molecule is Cc1ccc(S(=O)(=O)Nc2cccc(C(=O)NCCC(C)N)c2)cc1F.Cl. The number of carbonyl (C=O) groups excluding carboxylic acids is 1. The number of anilines is 1. The van der Waals surface area contributed by atoms with E-state index in [2.05, 4.69) is 10.0 Å². The normalized spacial score (nSPS) is 12.0. The number of nitrogens with two attached hydrogens (primary N) is 1. The highest BCUT2D eigenvalue weighted by atomic mass is 35.5. The molecule has 2 aromatic carbocycles. The smallest absolute Gasteiger partial charge is 0.261 e. The Morgan fingerprint density at radius 2 is 1.93 bits per heavy atom. The molecule has 0 bridgehead atoms. The fourth-order valence-electron chi connectivity index (χ4n) is 2.19. The van der Waals surface area contributed by atoms with Crippen molar-refractivity contribution in [2.24, 2.45) is 5.73 Å². The van der Waals surface area contributed by atoms with Gasteiger partial charge in [-0.05, 0) is 56.2 Å². The van der Waals surface area contributed by atoms with Crippen molar-refractivity contribution >= 4 is 34.0 Å². The van der Waals surface area contributed by atoms with Crippen LogP contribution >= 0.6 is 12.4 Å². The molecule has 27 heavy (non-hydrogen) atoms. The van der Waals surface area contributed by atoms with Gasteiger partial charge in [0, 0.05) is 23.8 Å². The third-order valence-corrected chi connectivity index (χ3v) is 5.09. The first-order valence-electron chi connectivity index (χ1n) is 8.12. The van der Waals surface area contributed by atoms with Gasteiger partial charge in [0.2, 0.25) is 0 Å². The van der Waals surface area contributed by atoms with Crippen LogP contribution in [0, 0.1) is 12.7 Å². The minimum absolute atomic E-state index is 0. The third-order valence-electron chi connectivity index (χ3n) is 3.72. The number of aryl methyl sites for hydroxylation is 1. The van der Waals surface area contributed by atoms with E-state index in [1.807, 2.05) is 6.92 Å². The van der Waals surface area contributed by atoms with Gasteiger partial charge in [0.1, 0.15) is 5.82 Å². The molecule has 0 radical (unpaired) electrons. The Bertz CT molecular complexity index is 904. The molecule has 148 valence electrons. The van der Waals surface area contributed by atoms with E-state index in [9.17, 15) is 17.6 Å². The summed E-state index contributed by atoms with van der Waals surface area (Å²) >= 11 is 0. The third kappa shape index (κ3) is 6.50. The molecule has 1 amide bonds. The van der Waals surface area contributed by atoms with Crippen molar-refractivity contribution in [1.82, 2.24) is 5.32 Å². The highest BCUT2D eigenvalue weighted by Gasteiger charge is 2.16. The first-order valence-corrected chi connectivity index (χ1v) is 9.60. The van der Waals surface area contributed by atoms with Gasteiger partial charge in [-0.2, -0.15) is 0 Å². The van der Waals surface area contributed by atoms with Crippen LogP contribution in [0.2, 0.25) is 0 Å². The zero-order valence-corrected chi connectivity index (χ0v) is 16.7. The maximum Gasteiger partial charge on any atom is 0.261 e. The summed E-state index contributed by atoms with van der Waals surface area (Å²) in [7, 11) is -3.96. The molecule has 1 atom stereocenters. The average molecular weight is 416 g/mol. The molecule has 0 aliphatic heterocycles. The molecular weight excluding hydrogens is 393 g/mol. The first-order chi connectivity index (χ1) is 12.2. The quantitative estimate of drug-likeness (QED) is 0.647. The summed E-state index contributed by atoms with van der Waals surface area (Å²) in [6, 6.07) is 9.73. The van der Waals surface area contributed by atoms with Crippen LogP contribution in [0.3, 0.4) is 0 Å². The number of benzene rings is 2. The van der Waals surface area contributed by atoms with Crippen LogP contribution in [0.4, 0.5) is 10.1 Å². The Kier molecular flexibility index (Phi) is 8.20. The van der Waals surface area contributed by atoms with Gasteiger partial charge < -0.3 is 11.1 Å². The molecule has 0 saturated carbocycles. The van der Waals surface area contributed by atoms with Crippen molar-refractivity contribution in [3.8, 4) is 0 Å². The molecule has 2 aromatic rings. The van der Waals surface area contributed by atoms with E-state index in [1.54, 1.807) is 19.1 Å². The van der Waals surface area contributed by atoms with Gasteiger partial charge in [-0.25, -0.2) is 12.8 Å². The Hall–Kier alpha value is -2.16. The standard InChI is InChI=1S/C18H22FN3O3S.ClH/c1-12-6-7-16(11-17(12)19)26(24,25)22-15-5-3-4-14(10-15)18(23)21-9-8-13(2)20;/h3-7,10-11,13,22H,8-9,20H2,1-2H3,(H,21,23);1H. The second-order valence-corrected chi connectivity index (χ2v) is 7.80. The van der Waals surface area contributed by atoms with Crippen molar-refractivity contribution in [2.75, 3.05) is 11.3 Å². The lowest BCUT2D eigenvalue weighted by atomic mass is 10.2. The van der Waals surface area contributed by atoms with Gasteiger partial charge in [0.25, 0.3) is 15.9 Å². The monoisotopic (exact) mass is 415 g/mol. The second-order valence-electron chi connectivity index (χ2n) is 6.12. The van der Waals surface area contributed by atoms with Gasteiger partial charge >= 0.3 is 0 Å². The molecule has 0 aromatic heterocycles. The fourth-order valence-corrected chi connectivity index (χ4v) is 3.26. The molecular formula is C18H23ClFN3O3S.